The minimum absolute atomic E-state index is 0.257. The first-order chi connectivity index (χ1) is 5.11. The molecule has 1 aromatic rings. The summed E-state index contributed by atoms with van der Waals surface area (Å²) >= 11 is -1.12. The molecule has 1 aromatic heterocycles. The Balaban J connectivity index is 2.99. The topological polar surface area (TPSA) is 74.6 Å². The van der Waals surface area contributed by atoms with Crippen molar-refractivity contribution in [2.24, 2.45) is 0 Å². The van der Waals surface area contributed by atoms with Gasteiger partial charge in [-0.05, 0) is 0 Å². The van der Waals surface area contributed by atoms with E-state index in [1.54, 1.807) is 0 Å². The molecule has 58 valence electrons. The average molecular weight is 268 g/mol. The molecule has 4 nitrogen and oxygen atoms in total. The fourth-order valence-electron chi connectivity index (χ4n) is 0.568. The third kappa shape index (κ3) is 1.82. The van der Waals surface area contributed by atoms with Gasteiger partial charge in [0.2, 0.25) is 0 Å². The molecule has 0 aliphatic rings. The molecule has 0 amide bonds. The van der Waals surface area contributed by atoms with Crippen LogP contribution < -0.4 is 0 Å². The van der Waals surface area contributed by atoms with E-state index in [2.05, 4.69) is 0 Å². The van der Waals surface area contributed by atoms with Gasteiger partial charge in [-0.25, -0.2) is 0 Å². The fourth-order valence-corrected chi connectivity index (χ4v) is 2.52. The van der Waals surface area contributed by atoms with Gasteiger partial charge in [0.25, 0.3) is 0 Å². The summed E-state index contributed by atoms with van der Waals surface area (Å²) in [6.45, 7) is 0. The van der Waals surface area contributed by atoms with Crippen molar-refractivity contribution in [2.75, 3.05) is 0 Å². The molecule has 0 radical (unpaired) electrons. The predicted molar refractivity (Wildman–Crippen MR) is 37.3 cm³/mol. The van der Waals surface area contributed by atoms with E-state index in [1.807, 2.05) is 0 Å². The van der Waals surface area contributed by atoms with Crippen LogP contribution in [0.5, 0.6) is 0 Å². The van der Waals surface area contributed by atoms with E-state index in [0.717, 1.165) is 0 Å². The number of carboxylic acids is 2. The normalized spacial score (nSPS) is 9.45. The summed E-state index contributed by atoms with van der Waals surface area (Å²) in [6, 6.07) is 2.74. The first-order valence-corrected chi connectivity index (χ1v) is 5.00. The first kappa shape index (κ1) is 8.31. The standard InChI is InChI=1S/C6H4O4Te/c7-5(8)3-1-2-4(11-3)6(9)10/h1-2H,(H,7,8)(H,9,10). The van der Waals surface area contributed by atoms with Crippen LogP contribution in [-0.4, -0.2) is 42.6 Å². The Hall–Kier alpha value is -0.790. The number of carbonyl (C=O) groups is 2. The average Bonchev–Trinajstić information content (AvgIpc) is 2.33. The third-order valence-electron chi connectivity index (χ3n) is 1.03. The second kappa shape index (κ2) is 3.07. The molecule has 0 aromatic carbocycles. The van der Waals surface area contributed by atoms with Gasteiger partial charge < -0.3 is 0 Å². The molecule has 0 spiro atoms. The van der Waals surface area contributed by atoms with E-state index in [0.29, 0.717) is 0 Å². The molecule has 11 heavy (non-hydrogen) atoms. The van der Waals surface area contributed by atoms with Gasteiger partial charge in [0.15, 0.2) is 0 Å². The van der Waals surface area contributed by atoms with Gasteiger partial charge in [0.05, 0.1) is 0 Å². The van der Waals surface area contributed by atoms with Crippen LogP contribution in [0.15, 0.2) is 12.1 Å². The van der Waals surface area contributed by atoms with Crippen LogP contribution in [0.3, 0.4) is 0 Å². The summed E-state index contributed by atoms with van der Waals surface area (Å²) < 4.78 is 0.514. The van der Waals surface area contributed by atoms with Crippen molar-refractivity contribution in [2.45, 2.75) is 0 Å². The zero-order valence-electron chi connectivity index (χ0n) is 5.27. The Morgan fingerprint density at radius 2 is 1.45 bits per heavy atom. The van der Waals surface area contributed by atoms with E-state index in [9.17, 15) is 9.59 Å². The molecule has 0 bridgehead atoms. The zero-order chi connectivity index (χ0) is 8.43. The number of carboxylic acid groups (broad SMARTS) is 2. The van der Waals surface area contributed by atoms with Gasteiger partial charge in [-0.2, -0.15) is 0 Å². The molecule has 0 unspecified atom stereocenters. The summed E-state index contributed by atoms with van der Waals surface area (Å²) in [7, 11) is 0. The molecule has 1 heterocycles. The number of hydrogen-bond acceptors (Lipinski definition) is 2. The van der Waals surface area contributed by atoms with Gasteiger partial charge in [-0.3, -0.25) is 0 Å². The SMILES string of the molecule is O=C(O)c1ccc(C(=O)O)[te]1. The second-order valence-corrected chi connectivity index (χ2v) is 4.87. The first-order valence-electron chi connectivity index (χ1n) is 2.67. The number of hydrogen-bond donors (Lipinski definition) is 2. The van der Waals surface area contributed by atoms with E-state index < -0.39 is 32.4 Å². The maximum absolute atomic E-state index is 10.3. The monoisotopic (exact) mass is 270 g/mol. The van der Waals surface area contributed by atoms with Gasteiger partial charge in [-0.1, -0.05) is 0 Å². The molecule has 0 aliphatic carbocycles. The quantitative estimate of drug-likeness (QED) is 0.748. The van der Waals surface area contributed by atoms with Crippen molar-refractivity contribution in [3.63, 3.8) is 0 Å². The second-order valence-electron chi connectivity index (χ2n) is 1.77. The van der Waals surface area contributed by atoms with Crippen LogP contribution in [0.4, 0.5) is 0 Å². The van der Waals surface area contributed by atoms with Crippen molar-refractivity contribution in [1.29, 1.82) is 0 Å². The van der Waals surface area contributed by atoms with Crippen LogP contribution >= 0.6 is 0 Å². The van der Waals surface area contributed by atoms with Gasteiger partial charge in [0, 0.05) is 0 Å². The minimum atomic E-state index is -1.12. The van der Waals surface area contributed by atoms with Crippen LogP contribution in [0, 0.1) is 0 Å². The molecule has 0 fully saturated rings. The molecular formula is C6H4O4Te. The predicted octanol–water partition coefficient (Wildman–Crippen LogP) is 0.140. The maximum atomic E-state index is 10.3. The molecule has 2 N–H and O–H groups in total. The zero-order valence-corrected chi connectivity index (χ0v) is 7.60. The van der Waals surface area contributed by atoms with Gasteiger partial charge >= 0.3 is 71.5 Å². The Morgan fingerprint density at radius 3 is 1.64 bits per heavy atom. The summed E-state index contributed by atoms with van der Waals surface area (Å²) in [4.78, 5) is 20.6. The van der Waals surface area contributed by atoms with E-state index >= 15 is 0 Å². The van der Waals surface area contributed by atoms with Crippen LogP contribution in [0.25, 0.3) is 0 Å². The van der Waals surface area contributed by atoms with Crippen molar-refractivity contribution >= 4 is 32.4 Å². The van der Waals surface area contributed by atoms with Crippen molar-refractivity contribution in [1.82, 2.24) is 0 Å². The molecular weight excluding hydrogens is 264 g/mol. The van der Waals surface area contributed by atoms with E-state index in [4.69, 9.17) is 10.2 Å². The molecule has 1 rings (SSSR count). The summed E-state index contributed by atoms with van der Waals surface area (Å²) in [5.41, 5.74) is 0. The van der Waals surface area contributed by atoms with Crippen LogP contribution in [0.1, 0.15) is 16.7 Å². The Kier molecular flexibility index (Phi) is 2.32. The van der Waals surface area contributed by atoms with Crippen molar-refractivity contribution in [3.05, 3.63) is 19.3 Å². The number of aromatic carboxylic acids is 2. The van der Waals surface area contributed by atoms with Crippen LogP contribution in [0.2, 0.25) is 0 Å². The molecule has 0 saturated heterocycles. The molecule has 0 aliphatic heterocycles. The molecule has 0 atom stereocenters. The number of rotatable bonds is 2. The van der Waals surface area contributed by atoms with Crippen molar-refractivity contribution in [3.8, 4) is 0 Å². The van der Waals surface area contributed by atoms with Crippen LogP contribution in [-0.2, 0) is 0 Å². The molecule has 0 saturated carbocycles. The Bertz CT molecular complexity index is 273. The van der Waals surface area contributed by atoms with Gasteiger partial charge in [0.1, 0.15) is 0 Å². The van der Waals surface area contributed by atoms with E-state index in [1.165, 1.54) is 12.1 Å². The van der Waals surface area contributed by atoms with Crippen molar-refractivity contribution < 1.29 is 19.8 Å². The van der Waals surface area contributed by atoms with Gasteiger partial charge in [-0.15, -0.1) is 0 Å². The Morgan fingerprint density at radius 1 is 1.09 bits per heavy atom. The fraction of sp³-hybridized carbons (Fsp3) is 0. The summed E-state index contributed by atoms with van der Waals surface area (Å²) in [6.07, 6.45) is 0. The van der Waals surface area contributed by atoms with E-state index in [-0.39, 0.29) is 7.16 Å². The third-order valence-corrected chi connectivity index (χ3v) is 4.06. The summed E-state index contributed by atoms with van der Waals surface area (Å²) in [5.74, 6) is -2.00. The molecule has 5 heteroatoms. The summed E-state index contributed by atoms with van der Waals surface area (Å²) in [5, 5.41) is 16.9. The Labute approximate surface area is 71.7 Å².